The van der Waals surface area contributed by atoms with Crippen LogP contribution in [0.4, 0.5) is 0 Å². The van der Waals surface area contributed by atoms with Crippen LogP contribution in [0, 0.1) is 0 Å². The average Bonchev–Trinajstić information content (AvgIpc) is 3.19. The second-order valence-corrected chi connectivity index (χ2v) is 8.95. The molecular formula is C20H34IN5O2S. The van der Waals surface area contributed by atoms with Crippen molar-refractivity contribution in [3.05, 3.63) is 21.9 Å². The smallest absolute Gasteiger partial charge is 0.224 e. The van der Waals surface area contributed by atoms with Gasteiger partial charge in [0.1, 0.15) is 0 Å². The van der Waals surface area contributed by atoms with Crippen LogP contribution in [0.3, 0.4) is 0 Å². The Morgan fingerprint density at radius 1 is 1.28 bits per heavy atom. The molecule has 1 saturated heterocycles. The van der Waals surface area contributed by atoms with Crippen LogP contribution in [0.5, 0.6) is 0 Å². The molecule has 0 radical (unpaired) electrons. The Kier molecular flexibility index (Phi) is 9.64. The van der Waals surface area contributed by atoms with Gasteiger partial charge in [0.05, 0.1) is 13.2 Å². The maximum atomic E-state index is 12.5. The molecule has 1 aromatic heterocycles. The summed E-state index contributed by atoms with van der Waals surface area (Å²) in [5.74, 6) is 0.946. The van der Waals surface area contributed by atoms with Crippen molar-refractivity contribution in [1.29, 1.82) is 0 Å². The molecule has 9 heteroatoms. The van der Waals surface area contributed by atoms with Gasteiger partial charge >= 0.3 is 0 Å². The van der Waals surface area contributed by atoms with Gasteiger partial charge in [-0.1, -0.05) is 0 Å². The van der Waals surface area contributed by atoms with Gasteiger partial charge in [-0.3, -0.25) is 14.7 Å². The lowest BCUT2D eigenvalue weighted by Crippen LogP contribution is -2.56. The number of hydrogen-bond acceptors (Lipinski definition) is 5. The first kappa shape index (κ1) is 24.4. The van der Waals surface area contributed by atoms with Crippen LogP contribution in [-0.4, -0.2) is 80.2 Å². The van der Waals surface area contributed by atoms with E-state index in [9.17, 15) is 4.79 Å². The summed E-state index contributed by atoms with van der Waals surface area (Å²) in [5.41, 5.74) is 1.32. The summed E-state index contributed by atoms with van der Waals surface area (Å²) in [6.07, 6.45) is 1.46. The third-order valence-electron chi connectivity index (χ3n) is 5.57. The van der Waals surface area contributed by atoms with Gasteiger partial charge in [-0.05, 0) is 37.3 Å². The minimum Gasteiger partial charge on any atom is -0.379 e. The third kappa shape index (κ3) is 6.80. The van der Waals surface area contributed by atoms with Crippen LogP contribution in [0.1, 0.15) is 30.7 Å². The molecule has 0 spiro atoms. The van der Waals surface area contributed by atoms with E-state index in [-0.39, 0.29) is 35.4 Å². The molecular weight excluding hydrogens is 501 g/mol. The Labute approximate surface area is 195 Å². The predicted molar refractivity (Wildman–Crippen MR) is 129 cm³/mol. The number of fused-ring (bicyclic) bond motifs is 1. The van der Waals surface area contributed by atoms with Gasteiger partial charge in [0.15, 0.2) is 5.96 Å². The standard InChI is InChI=1S/C20H33N5O2S.HI/c1-20(2,25-9-11-27-12-10-25)15-23-19(21-3)22-7-4-18(26)24-8-5-17-16(14-24)6-13-28-17;/h6,13H,4-5,7-12,14-15H2,1-3H3,(H2,21,22,23);1H. The number of carbonyl (C=O) groups excluding carboxylic acids is 1. The average molecular weight is 535 g/mol. The number of nitrogens with one attached hydrogen (secondary N) is 2. The fourth-order valence-corrected chi connectivity index (χ4v) is 4.60. The van der Waals surface area contributed by atoms with Crippen LogP contribution in [0.2, 0.25) is 0 Å². The Hall–Kier alpha value is -0.910. The van der Waals surface area contributed by atoms with Crippen LogP contribution < -0.4 is 10.6 Å². The molecule has 2 N–H and O–H groups in total. The number of thiophene rings is 1. The molecule has 0 saturated carbocycles. The van der Waals surface area contributed by atoms with E-state index in [0.29, 0.717) is 13.0 Å². The van der Waals surface area contributed by atoms with Crippen molar-refractivity contribution in [2.45, 2.75) is 38.8 Å². The van der Waals surface area contributed by atoms with E-state index in [1.165, 1.54) is 10.4 Å². The van der Waals surface area contributed by atoms with E-state index in [1.807, 2.05) is 4.90 Å². The van der Waals surface area contributed by atoms with Gasteiger partial charge in [0.2, 0.25) is 5.91 Å². The molecule has 0 aliphatic carbocycles. The number of carbonyl (C=O) groups is 1. The molecule has 2 aliphatic rings. The zero-order valence-electron chi connectivity index (χ0n) is 17.7. The molecule has 164 valence electrons. The Balaban J connectivity index is 0.00000300. The number of hydrogen-bond donors (Lipinski definition) is 2. The number of nitrogens with zero attached hydrogens (tertiary/aromatic N) is 3. The number of amides is 1. The minimum atomic E-state index is 0. The van der Waals surface area contributed by atoms with Crippen molar-refractivity contribution in [3.63, 3.8) is 0 Å². The van der Waals surface area contributed by atoms with E-state index in [1.54, 1.807) is 18.4 Å². The number of ether oxygens (including phenoxy) is 1. The van der Waals surface area contributed by atoms with Gasteiger partial charge in [0, 0.05) is 63.2 Å². The highest BCUT2D eigenvalue weighted by atomic mass is 127. The van der Waals surface area contributed by atoms with Crippen molar-refractivity contribution < 1.29 is 9.53 Å². The summed E-state index contributed by atoms with van der Waals surface area (Å²) >= 11 is 1.80. The third-order valence-corrected chi connectivity index (χ3v) is 6.59. The van der Waals surface area contributed by atoms with Crippen molar-refractivity contribution in [3.8, 4) is 0 Å². The van der Waals surface area contributed by atoms with Crippen molar-refractivity contribution in [2.75, 3.05) is 53.0 Å². The molecule has 2 aliphatic heterocycles. The molecule has 7 nitrogen and oxygen atoms in total. The fraction of sp³-hybridized carbons (Fsp3) is 0.700. The van der Waals surface area contributed by atoms with Crippen molar-refractivity contribution in [1.82, 2.24) is 20.4 Å². The Morgan fingerprint density at radius 3 is 2.76 bits per heavy atom. The highest BCUT2D eigenvalue weighted by molar-refractivity contribution is 14.0. The van der Waals surface area contributed by atoms with Crippen LogP contribution in [0.15, 0.2) is 16.4 Å². The van der Waals surface area contributed by atoms with E-state index >= 15 is 0 Å². The number of aliphatic imine (C=N–C) groups is 1. The summed E-state index contributed by atoms with van der Waals surface area (Å²) in [6.45, 7) is 10.9. The Morgan fingerprint density at radius 2 is 2.03 bits per heavy atom. The number of morpholine rings is 1. The highest BCUT2D eigenvalue weighted by Gasteiger charge is 2.28. The summed E-state index contributed by atoms with van der Waals surface area (Å²) in [5, 5.41) is 8.80. The minimum absolute atomic E-state index is 0. The quantitative estimate of drug-likeness (QED) is 0.331. The number of rotatable bonds is 6. The highest BCUT2D eigenvalue weighted by Crippen LogP contribution is 2.24. The fourth-order valence-electron chi connectivity index (χ4n) is 3.71. The summed E-state index contributed by atoms with van der Waals surface area (Å²) < 4.78 is 5.45. The second kappa shape index (κ2) is 11.5. The summed E-state index contributed by atoms with van der Waals surface area (Å²) in [6, 6.07) is 2.14. The van der Waals surface area contributed by atoms with Gasteiger partial charge < -0.3 is 20.3 Å². The first-order valence-electron chi connectivity index (χ1n) is 10.1. The van der Waals surface area contributed by atoms with Gasteiger partial charge in [-0.2, -0.15) is 0 Å². The second-order valence-electron chi connectivity index (χ2n) is 7.95. The lowest BCUT2D eigenvalue weighted by Gasteiger charge is -2.41. The Bertz CT molecular complexity index is 688. The molecule has 29 heavy (non-hydrogen) atoms. The largest absolute Gasteiger partial charge is 0.379 e. The molecule has 1 fully saturated rings. The molecule has 0 aromatic carbocycles. The molecule has 0 unspecified atom stereocenters. The van der Waals surface area contributed by atoms with E-state index in [4.69, 9.17) is 4.74 Å². The maximum Gasteiger partial charge on any atom is 0.224 e. The zero-order valence-corrected chi connectivity index (χ0v) is 20.8. The van der Waals surface area contributed by atoms with Gasteiger partial charge in [-0.25, -0.2) is 0 Å². The zero-order chi connectivity index (χ0) is 20.0. The van der Waals surface area contributed by atoms with Gasteiger partial charge in [0.25, 0.3) is 0 Å². The predicted octanol–water partition coefficient (Wildman–Crippen LogP) is 1.92. The lowest BCUT2D eigenvalue weighted by atomic mass is 10.0. The molecule has 1 amide bonds. The molecule has 3 rings (SSSR count). The van der Waals surface area contributed by atoms with E-state index in [2.05, 4.69) is 45.8 Å². The summed E-state index contributed by atoms with van der Waals surface area (Å²) in [7, 11) is 1.77. The molecule has 1 aromatic rings. The van der Waals surface area contributed by atoms with Crippen LogP contribution in [0.25, 0.3) is 0 Å². The lowest BCUT2D eigenvalue weighted by molar-refractivity contribution is -0.131. The van der Waals surface area contributed by atoms with Crippen molar-refractivity contribution >= 4 is 47.2 Å². The SMILES string of the molecule is CN=C(NCCC(=O)N1CCc2sccc2C1)NCC(C)(C)N1CCOCC1.I. The molecule has 0 bridgehead atoms. The van der Waals surface area contributed by atoms with E-state index < -0.39 is 0 Å². The first-order valence-corrected chi connectivity index (χ1v) is 11.0. The normalized spacial score (nSPS) is 18.0. The van der Waals surface area contributed by atoms with Crippen LogP contribution >= 0.6 is 35.3 Å². The summed E-state index contributed by atoms with van der Waals surface area (Å²) in [4.78, 5) is 22.7. The van der Waals surface area contributed by atoms with Crippen LogP contribution in [-0.2, 0) is 22.5 Å². The maximum absolute atomic E-state index is 12.5. The number of halogens is 1. The molecule has 3 heterocycles. The van der Waals surface area contributed by atoms with E-state index in [0.717, 1.165) is 58.3 Å². The van der Waals surface area contributed by atoms with Crippen molar-refractivity contribution in [2.24, 2.45) is 4.99 Å². The van der Waals surface area contributed by atoms with Gasteiger partial charge in [-0.15, -0.1) is 35.3 Å². The molecule has 0 atom stereocenters. The first-order chi connectivity index (χ1) is 13.5. The topological polar surface area (TPSA) is 69.2 Å². The monoisotopic (exact) mass is 535 g/mol. The number of guanidine groups is 1.